The molecule has 2 aromatic carbocycles. The quantitative estimate of drug-likeness (QED) is 0.318. The first-order valence-corrected chi connectivity index (χ1v) is 13.2. The molecule has 0 unspecified atom stereocenters. The van der Waals surface area contributed by atoms with E-state index >= 15 is 0 Å². The molecular formula is C26H25Cl2N9O. The van der Waals surface area contributed by atoms with Crippen LogP contribution in [0, 0.1) is 0 Å². The fraction of sp³-hybridized carbons (Fsp3) is 0.269. The van der Waals surface area contributed by atoms with Crippen molar-refractivity contribution >= 4 is 63.1 Å². The summed E-state index contributed by atoms with van der Waals surface area (Å²) in [7, 11) is 0. The number of H-pyrrole nitrogens is 1. The lowest BCUT2D eigenvalue weighted by molar-refractivity contribution is 0.0746. The number of aromatic nitrogens is 6. The number of hydrogen-bond acceptors (Lipinski definition) is 7. The fourth-order valence-corrected chi connectivity index (χ4v) is 4.93. The molecule has 6 rings (SSSR count). The van der Waals surface area contributed by atoms with E-state index in [1.54, 1.807) is 18.5 Å². The van der Waals surface area contributed by atoms with Crippen LogP contribution in [-0.2, 0) is 13.1 Å². The number of benzene rings is 2. The van der Waals surface area contributed by atoms with E-state index in [4.69, 9.17) is 33.2 Å². The van der Waals surface area contributed by atoms with E-state index in [-0.39, 0.29) is 5.91 Å². The summed E-state index contributed by atoms with van der Waals surface area (Å²) in [5.74, 6) is 1.98. The first kappa shape index (κ1) is 24.4. The SMILES string of the molecule is CCn1cnc2c(NCc3nc4cc(Cl)c(Cl)cc4[nH]3)nc(N3CCN(C(=O)c4ccccc4)CC3)nc21. The second kappa shape index (κ2) is 10.1. The van der Waals surface area contributed by atoms with Gasteiger partial charge >= 0.3 is 0 Å². The molecule has 1 saturated heterocycles. The van der Waals surface area contributed by atoms with E-state index < -0.39 is 0 Å². The van der Waals surface area contributed by atoms with Crippen LogP contribution >= 0.6 is 23.2 Å². The lowest BCUT2D eigenvalue weighted by Gasteiger charge is -2.35. The molecule has 194 valence electrons. The molecule has 1 aliphatic rings. The van der Waals surface area contributed by atoms with Gasteiger partial charge in [0, 0.05) is 38.3 Å². The molecule has 0 spiro atoms. The fourth-order valence-electron chi connectivity index (χ4n) is 4.61. The number of anilines is 2. The van der Waals surface area contributed by atoms with Gasteiger partial charge in [0.15, 0.2) is 17.0 Å². The number of imidazole rings is 2. The number of aryl methyl sites for hydroxylation is 1. The number of nitrogens with zero attached hydrogens (tertiary/aromatic N) is 7. The minimum absolute atomic E-state index is 0.0430. The predicted octanol–water partition coefficient (Wildman–Crippen LogP) is 4.60. The smallest absolute Gasteiger partial charge is 0.253 e. The van der Waals surface area contributed by atoms with E-state index in [0.29, 0.717) is 65.6 Å². The van der Waals surface area contributed by atoms with Gasteiger partial charge in [-0.25, -0.2) is 9.97 Å². The average molecular weight is 550 g/mol. The Hall–Kier alpha value is -3.89. The number of aromatic amines is 1. The number of nitrogens with one attached hydrogen (secondary N) is 2. The Bertz CT molecular complexity index is 1590. The number of carbonyl (C=O) groups excluding carboxylic acids is 1. The van der Waals surface area contributed by atoms with Crippen molar-refractivity contribution in [2.45, 2.75) is 20.0 Å². The average Bonchev–Trinajstić information content (AvgIpc) is 3.55. The zero-order chi connectivity index (χ0) is 26.2. The minimum Gasteiger partial charge on any atom is -0.361 e. The van der Waals surface area contributed by atoms with Crippen LogP contribution < -0.4 is 10.2 Å². The highest BCUT2D eigenvalue weighted by Gasteiger charge is 2.25. The van der Waals surface area contributed by atoms with Crippen LogP contribution in [0.4, 0.5) is 11.8 Å². The molecule has 38 heavy (non-hydrogen) atoms. The zero-order valence-corrected chi connectivity index (χ0v) is 22.2. The molecule has 5 aromatic rings. The van der Waals surface area contributed by atoms with Gasteiger partial charge in [0.1, 0.15) is 5.82 Å². The van der Waals surface area contributed by atoms with Crippen LogP contribution in [0.5, 0.6) is 0 Å². The lowest BCUT2D eigenvalue weighted by Crippen LogP contribution is -2.49. The number of fused-ring (bicyclic) bond motifs is 2. The van der Waals surface area contributed by atoms with E-state index in [2.05, 4.69) is 32.1 Å². The minimum atomic E-state index is 0.0430. The van der Waals surface area contributed by atoms with Crippen LogP contribution in [0.15, 0.2) is 48.8 Å². The highest BCUT2D eigenvalue weighted by molar-refractivity contribution is 6.42. The largest absolute Gasteiger partial charge is 0.361 e. The molecule has 4 heterocycles. The summed E-state index contributed by atoms with van der Waals surface area (Å²) in [6.45, 7) is 5.63. The van der Waals surface area contributed by atoms with Crippen LogP contribution in [0.2, 0.25) is 10.0 Å². The van der Waals surface area contributed by atoms with Crippen molar-refractivity contribution in [2.75, 3.05) is 36.4 Å². The van der Waals surface area contributed by atoms with Crippen molar-refractivity contribution in [1.82, 2.24) is 34.4 Å². The second-order valence-electron chi connectivity index (χ2n) is 9.04. The molecular weight excluding hydrogens is 525 g/mol. The Labute approximate surface area is 228 Å². The monoisotopic (exact) mass is 549 g/mol. The van der Waals surface area contributed by atoms with Crippen molar-refractivity contribution in [3.8, 4) is 0 Å². The summed E-state index contributed by atoms with van der Waals surface area (Å²) >= 11 is 12.3. The molecule has 0 saturated carbocycles. The van der Waals surface area contributed by atoms with Crippen molar-refractivity contribution in [3.63, 3.8) is 0 Å². The molecule has 0 radical (unpaired) electrons. The van der Waals surface area contributed by atoms with Gasteiger partial charge in [-0.2, -0.15) is 9.97 Å². The number of hydrogen-bond donors (Lipinski definition) is 2. The Balaban J connectivity index is 1.23. The Morgan fingerprint density at radius 2 is 1.79 bits per heavy atom. The number of piperazine rings is 1. The molecule has 10 nitrogen and oxygen atoms in total. The van der Waals surface area contributed by atoms with Gasteiger partial charge in [0.05, 0.1) is 34.0 Å². The van der Waals surface area contributed by atoms with Crippen LogP contribution in [-0.4, -0.2) is 66.5 Å². The van der Waals surface area contributed by atoms with Crippen molar-refractivity contribution in [3.05, 3.63) is 70.2 Å². The summed E-state index contributed by atoms with van der Waals surface area (Å²) in [4.78, 5) is 39.0. The van der Waals surface area contributed by atoms with Gasteiger partial charge in [-0.15, -0.1) is 0 Å². The summed E-state index contributed by atoms with van der Waals surface area (Å²) in [5, 5.41) is 4.32. The predicted molar refractivity (Wildman–Crippen MR) is 149 cm³/mol. The van der Waals surface area contributed by atoms with Gasteiger partial charge in [-0.3, -0.25) is 4.79 Å². The maximum atomic E-state index is 12.9. The van der Waals surface area contributed by atoms with E-state index in [0.717, 1.165) is 29.0 Å². The van der Waals surface area contributed by atoms with E-state index in [9.17, 15) is 4.79 Å². The topological polar surface area (TPSA) is 108 Å². The van der Waals surface area contributed by atoms with Gasteiger partial charge in [-0.05, 0) is 31.2 Å². The maximum Gasteiger partial charge on any atom is 0.253 e. The van der Waals surface area contributed by atoms with E-state index in [1.165, 1.54) is 0 Å². The summed E-state index contributed by atoms with van der Waals surface area (Å²) < 4.78 is 1.99. The van der Waals surface area contributed by atoms with Gasteiger partial charge in [0.25, 0.3) is 5.91 Å². The number of halogens is 2. The summed E-state index contributed by atoms with van der Waals surface area (Å²) in [5.41, 5.74) is 3.69. The molecule has 0 aliphatic carbocycles. The number of amides is 1. The van der Waals surface area contributed by atoms with E-state index in [1.807, 2.05) is 39.8 Å². The molecule has 2 N–H and O–H groups in total. The van der Waals surface area contributed by atoms with Crippen LogP contribution in [0.3, 0.4) is 0 Å². The molecule has 1 aliphatic heterocycles. The van der Waals surface area contributed by atoms with Crippen molar-refractivity contribution < 1.29 is 4.79 Å². The lowest BCUT2D eigenvalue weighted by atomic mass is 10.2. The number of rotatable bonds is 6. The van der Waals surface area contributed by atoms with Crippen LogP contribution in [0.25, 0.3) is 22.2 Å². The summed E-state index contributed by atoms with van der Waals surface area (Å²) in [6, 6.07) is 12.9. The molecule has 0 atom stereocenters. The van der Waals surface area contributed by atoms with Crippen LogP contribution in [0.1, 0.15) is 23.1 Å². The zero-order valence-electron chi connectivity index (χ0n) is 20.7. The third kappa shape index (κ3) is 4.61. The van der Waals surface area contributed by atoms with Gasteiger partial charge in [0.2, 0.25) is 5.95 Å². The highest BCUT2D eigenvalue weighted by Crippen LogP contribution is 2.27. The van der Waals surface area contributed by atoms with Crippen molar-refractivity contribution in [2.24, 2.45) is 0 Å². The molecule has 0 bridgehead atoms. The molecule has 1 fully saturated rings. The standard InChI is InChI=1S/C26H25Cl2N9O/c1-2-35-15-30-22-23(29-14-21-31-19-12-17(27)18(28)13-20(19)32-21)33-26(34-24(22)35)37-10-8-36(9-11-37)25(38)16-6-4-3-5-7-16/h3-7,12-13,15H,2,8-11,14H2,1H3,(H,31,32)(H,29,33,34). The van der Waals surface area contributed by atoms with Gasteiger partial charge in [-0.1, -0.05) is 41.4 Å². The maximum absolute atomic E-state index is 12.9. The normalized spacial score (nSPS) is 14.0. The first-order valence-electron chi connectivity index (χ1n) is 12.4. The van der Waals surface area contributed by atoms with Crippen molar-refractivity contribution in [1.29, 1.82) is 0 Å². The third-order valence-corrected chi connectivity index (χ3v) is 7.38. The Morgan fingerprint density at radius 3 is 2.55 bits per heavy atom. The second-order valence-corrected chi connectivity index (χ2v) is 9.86. The van der Waals surface area contributed by atoms with Gasteiger partial charge < -0.3 is 24.7 Å². The third-order valence-electron chi connectivity index (χ3n) is 6.66. The summed E-state index contributed by atoms with van der Waals surface area (Å²) in [6.07, 6.45) is 1.77. The first-order chi connectivity index (χ1) is 18.5. The molecule has 1 amide bonds. The Kier molecular flexibility index (Phi) is 6.50. The molecule has 12 heteroatoms. The highest BCUT2D eigenvalue weighted by atomic mass is 35.5. The number of carbonyl (C=O) groups is 1. The Morgan fingerprint density at radius 1 is 1.03 bits per heavy atom. The molecule has 3 aromatic heterocycles.